The third-order valence-corrected chi connectivity index (χ3v) is 2.52. The topological polar surface area (TPSA) is 38.2 Å². The Labute approximate surface area is 88.1 Å². The van der Waals surface area contributed by atoms with Crippen LogP contribution in [0.4, 0.5) is 10.2 Å². The highest BCUT2D eigenvalue weighted by molar-refractivity contribution is 5.41. The van der Waals surface area contributed by atoms with Crippen LogP contribution >= 0.6 is 0 Å². The zero-order chi connectivity index (χ0) is 10.7. The monoisotopic (exact) mass is 211 g/mol. The molecule has 15 heavy (non-hydrogen) atoms. The first-order valence-corrected chi connectivity index (χ1v) is 5.04. The van der Waals surface area contributed by atoms with E-state index in [1.807, 2.05) is 4.90 Å². The predicted molar refractivity (Wildman–Crippen MR) is 54.9 cm³/mol. The van der Waals surface area contributed by atoms with Gasteiger partial charge in [0.15, 0.2) is 0 Å². The molecule has 1 aliphatic rings. The third-order valence-electron chi connectivity index (χ3n) is 2.52. The molecule has 0 aliphatic carbocycles. The smallest absolute Gasteiger partial charge is 0.218 e. The van der Waals surface area contributed by atoms with Gasteiger partial charge in [-0.05, 0) is 12.8 Å². The molecule has 0 radical (unpaired) electrons. The SMILES string of the molecule is COc1cc(N2CCCC(F)C2)ncn1. The Bertz CT molecular complexity index is 334. The fraction of sp³-hybridized carbons (Fsp3) is 0.600. The number of alkyl halides is 1. The molecule has 82 valence electrons. The number of halogens is 1. The second-order valence-electron chi connectivity index (χ2n) is 3.60. The number of rotatable bonds is 2. The van der Waals surface area contributed by atoms with E-state index in [4.69, 9.17) is 4.74 Å². The maximum Gasteiger partial charge on any atom is 0.218 e. The van der Waals surface area contributed by atoms with Crippen molar-refractivity contribution in [3.63, 3.8) is 0 Å². The maximum absolute atomic E-state index is 13.2. The predicted octanol–water partition coefficient (Wildman–Crippen LogP) is 1.42. The van der Waals surface area contributed by atoms with E-state index in [0.29, 0.717) is 18.8 Å². The highest BCUT2D eigenvalue weighted by atomic mass is 19.1. The van der Waals surface area contributed by atoms with Crippen molar-refractivity contribution in [3.05, 3.63) is 12.4 Å². The lowest BCUT2D eigenvalue weighted by Gasteiger charge is -2.29. The minimum absolute atomic E-state index is 0.417. The van der Waals surface area contributed by atoms with Gasteiger partial charge in [-0.25, -0.2) is 14.4 Å². The molecule has 1 saturated heterocycles. The summed E-state index contributed by atoms with van der Waals surface area (Å²) in [6.07, 6.45) is 2.21. The fourth-order valence-corrected chi connectivity index (χ4v) is 1.75. The van der Waals surface area contributed by atoms with E-state index in [0.717, 1.165) is 18.8 Å². The van der Waals surface area contributed by atoms with E-state index >= 15 is 0 Å². The number of hydrogen-bond donors (Lipinski definition) is 0. The van der Waals surface area contributed by atoms with Crippen LogP contribution in [0.25, 0.3) is 0 Å². The summed E-state index contributed by atoms with van der Waals surface area (Å²) in [6, 6.07) is 1.73. The highest BCUT2D eigenvalue weighted by Gasteiger charge is 2.20. The summed E-state index contributed by atoms with van der Waals surface area (Å²) >= 11 is 0. The fourth-order valence-electron chi connectivity index (χ4n) is 1.75. The van der Waals surface area contributed by atoms with E-state index in [2.05, 4.69) is 9.97 Å². The van der Waals surface area contributed by atoms with Gasteiger partial charge in [-0.2, -0.15) is 0 Å². The van der Waals surface area contributed by atoms with Gasteiger partial charge in [0.1, 0.15) is 18.3 Å². The van der Waals surface area contributed by atoms with E-state index in [1.165, 1.54) is 6.33 Å². The van der Waals surface area contributed by atoms with Gasteiger partial charge in [0, 0.05) is 12.6 Å². The summed E-state index contributed by atoms with van der Waals surface area (Å²) in [5.41, 5.74) is 0. The van der Waals surface area contributed by atoms with Gasteiger partial charge < -0.3 is 9.64 Å². The Hall–Kier alpha value is -1.39. The molecule has 0 aromatic carbocycles. The summed E-state index contributed by atoms with van der Waals surface area (Å²) < 4.78 is 18.2. The van der Waals surface area contributed by atoms with Crippen molar-refractivity contribution < 1.29 is 9.13 Å². The molecule has 0 amide bonds. The van der Waals surface area contributed by atoms with Crippen LogP contribution in [0.15, 0.2) is 12.4 Å². The van der Waals surface area contributed by atoms with Gasteiger partial charge in [-0.3, -0.25) is 0 Å². The molecular weight excluding hydrogens is 197 g/mol. The number of methoxy groups -OCH3 is 1. The van der Waals surface area contributed by atoms with E-state index in [1.54, 1.807) is 13.2 Å². The van der Waals surface area contributed by atoms with Crippen LogP contribution in [0.5, 0.6) is 5.88 Å². The number of anilines is 1. The van der Waals surface area contributed by atoms with Gasteiger partial charge in [0.05, 0.1) is 13.7 Å². The average molecular weight is 211 g/mol. The van der Waals surface area contributed by atoms with Gasteiger partial charge in [0.25, 0.3) is 0 Å². The quantitative estimate of drug-likeness (QED) is 0.741. The van der Waals surface area contributed by atoms with Crippen LogP contribution in [0, 0.1) is 0 Å². The number of hydrogen-bond acceptors (Lipinski definition) is 4. The number of piperidine rings is 1. The van der Waals surface area contributed by atoms with Crippen LogP contribution in [0.1, 0.15) is 12.8 Å². The Morgan fingerprint density at radius 1 is 1.53 bits per heavy atom. The molecule has 1 aliphatic heterocycles. The summed E-state index contributed by atoms with van der Waals surface area (Å²) in [4.78, 5) is 9.96. The van der Waals surface area contributed by atoms with E-state index in [9.17, 15) is 4.39 Å². The molecular formula is C10H14FN3O. The molecule has 1 fully saturated rings. The number of ether oxygens (including phenoxy) is 1. The molecule has 5 heteroatoms. The zero-order valence-electron chi connectivity index (χ0n) is 8.69. The normalized spacial score (nSPS) is 21.5. The first-order valence-electron chi connectivity index (χ1n) is 5.04. The number of aromatic nitrogens is 2. The van der Waals surface area contributed by atoms with Crippen LogP contribution in [-0.2, 0) is 0 Å². The molecule has 0 bridgehead atoms. The van der Waals surface area contributed by atoms with Gasteiger partial charge in [-0.15, -0.1) is 0 Å². The molecule has 1 aromatic rings. The molecule has 2 rings (SSSR count). The van der Waals surface area contributed by atoms with E-state index in [-0.39, 0.29) is 0 Å². The first kappa shape index (κ1) is 10.1. The molecule has 0 N–H and O–H groups in total. The van der Waals surface area contributed by atoms with Crippen LogP contribution < -0.4 is 9.64 Å². The highest BCUT2D eigenvalue weighted by Crippen LogP contribution is 2.21. The lowest BCUT2D eigenvalue weighted by atomic mass is 10.1. The van der Waals surface area contributed by atoms with Gasteiger partial charge >= 0.3 is 0 Å². The molecule has 1 atom stereocenters. The third kappa shape index (κ3) is 2.34. The van der Waals surface area contributed by atoms with Crippen molar-refractivity contribution in [3.8, 4) is 5.88 Å². The van der Waals surface area contributed by atoms with Gasteiger partial charge in [0.2, 0.25) is 5.88 Å². The standard InChI is InChI=1S/C10H14FN3O/c1-15-10-5-9(12-7-13-10)14-4-2-3-8(11)6-14/h5,7-8H,2-4,6H2,1H3. The largest absolute Gasteiger partial charge is 0.481 e. The molecule has 1 unspecified atom stereocenters. The average Bonchev–Trinajstić information content (AvgIpc) is 2.29. The molecule has 4 nitrogen and oxygen atoms in total. The maximum atomic E-state index is 13.2. The zero-order valence-corrected chi connectivity index (χ0v) is 8.69. The van der Waals surface area contributed by atoms with Crippen LogP contribution in [0.3, 0.4) is 0 Å². The summed E-state index contributed by atoms with van der Waals surface area (Å²) in [7, 11) is 1.56. The van der Waals surface area contributed by atoms with Crippen LogP contribution in [-0.4, -0.2) is 36.3 Å². The molecule has 0 saturated carbocycles. The van der Waals surface area contributed by atoms with Crippen molar-refractivity contribution in [1.82, 2.24) is 9.97 Å². The molecule has 0 spiro atoms. The lowest BCUT2D eigenvalue weighted by Crippen LogP contribution is -2.36. The van der Waals surface area contributed by atoms with Gasteiger partial charge in [-0.1, -0.05) is 0 Å². The Morgan fingerprint density at radius 3 is 3.13 bits per heavy atom. The lowest BCUT2D eigenvalue weighted by molar-refractivity contribution is 0.286. The second kappa shape index (κ2) is 4.42. The number of nitrogens with zero attached hydrogens (tertiary/aromatic N) is 3. The summed E-state index contributed by atoms with van der Waals surface area (Å²) in [5, 5.41) is 0. The Kier molecular flexibility index (Phi) is 2.99. The minimum Gasteiger partial charge on any atom is -0.481 e. The Morgan fingerprint density at radius 2 is 2.40 bits per heavy atom. The van der Waals surface area contributed by atoms with Crippen molar-refractivity contribution in [2.75, 3.05) is 25.1 Å². The van der Waals surface area contributed by atoms with Crippen molar-refractivity contribution in [2.24, 2.45) is 0 Å². The second-order valence-corrected chi connectivity index (χ2v) is 3.60. The van der Waals surface area contributed by atoms with E-state index < -0.39 is 6.17 Å². The van der Waals surface area contributed by atoms with Crippen LogP contribution in [0.2, 0.25) is 0 Å². The van der Waals surface area contributed by atoms with Crippen molar-refractivity contribution in [1.29, 1.82) is 0 Å². The minimum atomic E-state index is -0.750. The Balaban J connectivity index is 2.13. The summed E-state index contributed by atoms with van der Waals surface area (Å²) in [5.74, 6) is 1.25. The summed E-state index contributed by atoms with van der Waals surface area (Å²) in [6.45, 7) is 1.26. The molecule has 1 aromatic heterocycles. The van der Waals surface area contributed by atoms with Crippen molar-refractivity contribution >= 4 is 5.82 Å². The molecule has 2 heterocycles. The van der Waals surface area contributed by atoms with Crippen molar-refractivity contribution in [2.45, 2.75) is 19.0 Å². The first-order chi connectivity index (χ1) is 7.29.